The fourth-order valence-electron chi connectivity index (χ4n) is 1.38. The molecule has 0 saturated heterocycles. The van der Waals surface area contributed by atoms with Crippen molar-refractivity contribution < 1.29 is 4.39 Å². The minimum atomic E-state index is -0.250. The molecule has 12 heavy (non-hydrogen) atoms. The zero-order valence-electron chi connectivity index (χ0n) is 6.67. The maximum atomic E-state index is 12.6. The first-order valence-electron chi connectivity index (χ1n) is 3.65. The highest BCUT2D eigenvalue weighted by molar-refractivity contribution is 5.85. The van der Waals surface area contributed by atoms with Crippen molar-refractivity contribution in [3.05, 3.63) is 29.3 Å². The van der Waals surface area contributed by atoms with Crippen LogP contribution in [0.1, 0.15) is 24.2 Å². The highest BCUT2D eigenvalue weighted by Crippen LogP contribution is 2.22. The van der Waals surface area contributed by atoms with Gasteiger partial charge in [-0.25, -0.2) is 4.39 Å². The molecule has 1 N–H and O–H groups in total. The number of fused-ring (bicyclic) bond motifs is 1. The Balaban J connectivity index is 0.000000720. The molecule has 1 unspecified atom stereocenters. The van der Waals surface area contributed by atoms with E-state index in [0.29, 0.717) is 0 Å². The van der Waals surface area contributed by atoms with Gasteiger partial charge in [-0.2, -0.15) is 0 Å². The van der Waals surface area contributed by atoms with E-state index in [2.05, 4.69) is 10.3 Å². The molecule has 2 heterocycles. The van der Waals surface area contributed by atoms with Crippen LogP contribution in [-0.4, -0.2) is 4.98 Å². The van der Waals surface area contributed by atoms with Crippen LogP contribution in [-0.2, 0) is 6.54 Å². The molecule has 2 rings (SSSR count). The normalized spacial score (nSPS) is 20.0. The van der Waals surface area contributed by atoms with Crippen molar-refractivity contribution in [1.29, 1.82) is 0 Å². The van der Waals surface area contributed by atoms with Gasteiger partial charge in [0.15, 0.2) is 0 Å². The molecule has 0 spiro atoms. The average Bonchev–Trinajstić information content (AvgIpc) is 2.32. The van der Waals surface area contributed by atoms with Crippen LogP contribution in [0, 0.1) is 5.82 Å². The van der Waals surface area contributed by atoms with Gasteiger partial charge in [-0.1, -0.05) is 0 Å². The Hall–Kier alpha value is -0.670. The van der Waals surface area contributed by atoms with Gasteiger partial charge >= 0.3 is 0 Å². The maximum Gasteiger partial charge on any atom is 0.141 e. The number of nitrogens with one attached hydrogen (secondary N) is 1. The van der Waals surface area contributed by atoms with Crippen LogP contribution in [0.4, 0.5) is 4.39 Å². The van der Waals surface area contributed by atoms with E-state index in [0.717, 1.165) is 17.8 Å². The van der Waals surface area contributed by atoms with Crippen LogP contribution in [0.5, 0.6) is 0 Å². The first-order chi connectivity index (χ1) is 5.27. The molecule has 2 nitrogen and oxygen atoms in total. The van der Waals surface area contributed by atoms with E-state index in [4.69, 9.17) is 0 Å². The zero-order chi connectivity index (χ0) is 7.84. The van der Waals surface area contributed by atoms with E-state index in [1.54, 1.807) is 6.07 Å². The summed E-state index contributed by atoms with van der Waals surface area (Å²) in [6, 6.07) is 1.81. The van der Waals surface area contributed by atoms with Crippen molar-refractivity contribution in [2.75, 3.05) is 0 Å². The number of aromatic nitrogens is 1. The Kier molecular flexibility index (Phi) is 2.65. The fraction of sp³-hybridized carbons (Fsp3) is 0.375. The summed E-state index contributed by atoms with van der Waals surface area (Å²) in [6.45, 7) is 2.76. The van der Waals surface area contributed by atoms with Gasteiger partial charge in [0.2, 0.25) is 0 Å². The zero-order valence-corrected chi connectivity index (χ0v) is 7.49. The third kappa shape index (κ3) is 1.42. The lowest BCUT2D eigenvalue weighted by Crippen LogP contribution is -2.07. The molecule has 1 aromatic heterocycles. The van der Waals surface area contributed by atoms with E-state index in [1.807, 2.05) is 6.92 Å². The van der Waals surface area contributed by atoms with Gasteiger partial charge < -0.3 is 5.32 Å². The molecule has 1 atom stereocenters. The summed E-state index contributed by atoms with van der Waals surface area (Å²) in [5.74, 6) is -0.250. The van der Waals surface area contributed by atoms with Gasteiger partial charge in [0.1, 0.15) is 5.82 Å². The molecule has 1 aliphatic rings. The fourth-order valence-corrected chi connectivity index (χ4v) is 1.38. The third-order valence-electron chi connectivity index (χ3n) is 1.98. The summed E-state index contributed by atoms with van der Waals surface area (Å²) in [6.07, 6.45) is 1.27. The highest BCUT2D eigenvalue weighted by Gasteiger charge is 2.18. The number of hydrogen-bond acceptors (Lipinski definition) is 2. The molecule has 0 saturated carbocycles. The standard InChI is InChI=1S/C8H9FN2.ClH/c1-5-8-6(3-10-5)2-7(9)4-11-8;/h2,4-5,10H,3H2,1H3;1H. The second-order valence-electron chi connectivity index (χ2n) is 2.80. The lowest BCUT2D eigenvalue weighted by molar-refractivity contribution is 0.614. The molecule has 0 aromatic carbocycles. The first kappa shape index (κ1) is 9.42. The molecule has 1 aromatic rings. The summed E-state index contributed by atoms with van der Waals surface area (Å²) in [5.41, 5.74) is 1.96. The van der Waals surface area contributed by atoms with Gasteiger partial charge in [0.05, 0.1) is 11.9 Å². The molecule has 0 bridgehead atoms. The number of hydrogen-bond donors (Lipinski definition) is 1. The van der Waals surface area contributed by atoms with Crippen LogP contribution < -0.4 is 5.32 Å². The third-order valence-corrected chi connectivity index (χ3v) is 1.98. The largest absolute Gasteiger partial charge is 0.305 e. The monoisotopic (exact) mass is 188 g/mol. The summed E-state index contributed by atoms with van der Waals surface area (Å²) in [5, 5.41) is 3.18. The smallest absolute Gasteiger partial charge is 0.141 e. The Morgan fingerprint density at radius 3 is 3.17 bits per heavy atom. The van der Waals surface area contributed by atoms with Gasteiger partial charge in [-0.3, -0.25) is 4.98 Å². The minimum Gasteiger partial charge on any atom is -0.305 e. The second kappa shape index (κ2) is 3.37. The van der Waals surface area contributed by atoms with Crippen LogP contribution >= 0.6 is 12.4 Å². The SMILES string of the molecule is CC1NCc2cc(F)cnc21.Cl. The van der Waals surface area contributed by atoms with E-state index in [-0.39, 0.29) is 24.3 Å². The Bertz CT molecular complexity index is 290. The lowest BCUT2D eigenvalue weighted by atomic mass is 10.2. The van der Waals surface area contributed by atoms with Crippen LogP contribution in [0.15, 0.2) is 12.3 Å². The van der Waals surface area contributed by atoms with E-state index in [1.165, 1.54) is 6.20 Å². The molecule has 4 heteroatoms. The molecule has 66 valence electrons. The topological polar surface area (TPSA) is 24.9 Å². The number of rotatable bonds is 0. The average molecular weight is 189 g/mol. The van der Waals surface area contributed by atoms with Gasteiger partial charge in [-0.05, 0) is 18.6 Å². The molecular weight excluding hydrogens is 179 g/mol. The molecule has 0 aliphatic carbocycles. The Morgan fingerprint density at radius 1 is 1.67 bits per heavy atom. The van der Waals surface area contributed by atoms with Crippen LogP contribution in [0.25, 0.3) is 0 Å². The van der Waals surface area contributed by atoms with Crippen molar-refractivity contribution in [1.82, 2.24) is 10.3 Å². The van der Waals surface area contributed by atoms with Crippen molar-refractivity contribution >= 4 is 12.4 Å². The van der Waals surface area contributed by atoms with Gasteiger partial charge in [0, 0.05) is 12.6 Å². The van der Waals surface area contributed by atoms with Crippen molar-refractivity contribution in [2.45, 2.75) is 19.5 Å². The molecule has 0 amide bonds. The number of pyridine rings is 1. The van der Waals surface area contributed by atoms with Crippen molar-refractivity contribution in [3.63, 3.8) is 0 Å². The summed E-state index contributed by atoms with van der Waals surface area (Å²) in [7, 11) is 0. The highest BCUT2D eigenvalue weighted by atomic mass is 35.5. The van der Waals surface area contributed by atoms with Crippen molar-refractivity contribution in [2.24, 2.45) is 0 Å². The lowest BCUT2D eigenvalue weighted by Gasteiger charge is -2.01. The summed E-state index contributed by atoms with van der Waals surface area (Å²) >= 11 is 0. The maximum absolute atomic E-state index is 12.6. The number of halogens is 2. The van der Waals surface area contributed by atoms with Gasteiger partial charge in [0.25, 0.3) is 0 Å². The predicted molar refractivity (Wildman–Crippen MR) is 46.7 cm³/mol. The number of nitrogens with zero attached hydrogens (tertiary/aromatic N) is 1. The van der Waals surface area contributed by atoms with Crippen LogP contribution in [0.2, 0.25) is 0 Å². The van der Waals surface area contributed by atoms with Crippen LogP contribution in [0.3, 0.4) is 0 Å². The quantitative estimate of drug-likeness (QED) is 0.672. The Labute approximate surface area is 76.6 Å². The second-order valence-corrected chi connectivity index (χ2v) is 2.80. The van der Waals surface area contributed by atoms with E-state index < -0.39 is 0 Å². The van der Waals surface area contributed by atoms with E-state index in [9.17, 15) is 4.39 Å². The molecular formula is C8H10ClFN2. The molecule has 1 aliphatic heterocycles. The Morgan fingerprint density at radius 2 is 2.42 bits per heavy atom. The first-order valence-corrected chi connectivity index (χ1v) is 3.65. The molecule has 0 fully saturated rings. The van der Waals surface area contributed by atoms with Gasteiger partial charge in [-0.15, -0.1) is 12.4 Å². The summed E-state index contributed by atoms with van der Waals surface area (Å²) < 4.78 is 12.6. The molecule has 0 radical (unpaired) electrons. The predicted octanol–water partition coefficient (Wildman–Crippen LogP) is 1.81. The van der Waals surface area contributed by atoms with E-state index >= 15 is 0 Å². The van der Waals surface area contributed by atoms with Crippen molar-refractivity contribution in [3.8, 4) is 0 Å². The summed E-state index contributed by atoms with van der Waals surface area (Å²) in [4.78, 5) is 4.00. The minimum absolute atomic E-state index is 0.